The minimum Gasteiger partial charge on any atom is -0.457 e. The molecule has 0 atom stereocenters. The number of hydrogen-bond acceptors (Lipinski definition) is 6. The summed E-state index contributed by atoms with van der Waals surface area (Å²) in [5.74, 6) is 1.18. The number of nitriles is 1. The molecule has 174 valence electrons. The van der Waals surface area contributed by atoms with Crippen LogP contribution in [-0.4, -0.2) is 29.0 Å². The van der Waals surface area contributed by atoms with Crippen molar-refractivity contribution < 1.29 is 9.66 Å². The van der Waals surface area contributed by atoms with Crippen molar-refractivity contribution in [3.05, 3.63) is 93.0 Å². The number of nitrogens with one attached hydrogen (secondary N) is 1. The molecule has 3 aromatic rings. The molecule has 0 radical (unpaired) electrons. The molecule has 0 aliphatic carbocycles. The van der Waals surface area contributed by atoms with Crippen LogP contribution >= 0.6 is 0 Å². The molecule has 0 spiro atoms. The van der Waals surface area contributed by atoms with Gasteiger partial charge in [0.05, 0.1) is 16.6 Å². The van der Waals surface area contributed by atoms with Gasteiger partial charge in [0.15, 0.2) is 0 Å². The predicted molar refractivity (Wildman–Crippen MR) is 132 cm³/mol. The molecule has 0 bridgehead atoms. The molecule has 1 N–H and O–H groups in total. The molecule has 0 saturated carbocycles. The van der Waals surface area contributed by atoms with Crippen LogP contribution in [0.2, 0.25) is 0 Å². The number of aryl methyl sites for hydroxylation is 2. The first kappa shape index (κ1) is 23.3. The molecule has 0 aromatic heterocycles. The lowest BCUT2D eigenvalue weighted by Crippen LogP contribution is -2.38. The second kappa shape index (κ2) is 10.4. The van der Waals surface area contributed by atoms with E-state index >= 15 is 0 Å². The largest absolute Gasteiger partial charge is 0.457 e. The van der Waals surface area contributed by atoms with Crippen molar-refractivity contribution in [2.24, 2.45) is 0 Å². The van der Waals surface area contributed by atoms with Crippen LogP contribution in [0.25, 0.3) is 0 Å². The summed E-state index contributed by atoms with van der Waals surface area (Å²) in [4.78, 5) is 13.7. The van der Waals surface area contributed by atoms with Gasteiger partial charge < -0.3 is 10.1 Å². The van der Waals surface area contributed by atoms with Gasteiger partial charge in [-0.2, -0.15) is 5.26 Å². The molecule has 1 heterocycles. The first-order valence-corrected chi connectivity index (χ1v) is 11.4. The van der Waals surface area contributed by atoms with E-state index in [4.69, 9.17) is 10.00 Å². The minimum absolute atomic E-state index is 0.0346. The lowest BCUT2D eigenvalue weighted by molar-refractivity contribution is -0.384. The number of anilines is 1. The molecule has 1 fully saturated rings. The molecule has 0 amide bonds. The van der Waals surface area contributed by atoms with E-state index in [0.717, 1.165) is 43.6 Å². The van der Waals surface area contributed by atoms with Gasteiger partial charge >= 0.3 is 0 Å². The maximum atomic E-state index is 11.7. The smallest absolute Gasteiger partial charge is 0.292 e. The summed E-state index contributed by atoms with van der Waals surface area (Å²) >= 11 is 0. The number of rotatable bonds is 7. The zero-order valence-corrected chi connectivity index (χ0v) is 19.5. The zero-order valence-electron chi connectivity index (χ0n) is 19.5. The zero-order chi connectivity index (χ0) is 24.1. The van der Waals surface area contributed by atoms with E-state index in [1.165, 1.54) is 11.6 Å². The highest BCUT2D eigenvalue weighted by Crippen LogP contribution is 2.35. The Morgan fingerprint density at radius 2 is 1.76 bits per heavy atom. The fourth-order valence-electron chi connectivity index (χ4n) is 4.44. The second-order valence-electron chi connectivity index (χ2n) is 8.77. The summed E-state index contributed by atoms with van der Waals surface area (Å²) in [6.07, 6.45) is 1.81. The van der Waals surface area contributed by atoms with Gasteiger partial charge in [0.2, 0.25) is 0 Å². The lowest BCUT2D eigenvalue weighted by atomic mass is 10.0. The topological polar surface area (TPSA) is 91.4 Å². The van der Waals surface area contributed by atoms with Crippen LogP contribution < -0.4 is 10.1 Å². The van der Waals surface area contributed by atoms with Crippen molar-refractivity contribution in [2.45, 2.75) is 39.3 Å². The SMILES string of the molecule is Cc1cc(C#N)cc(C)c1Oc1ccc([N+](=O)[O-])c(NC2CCN(Cc3ccccc3)CC2)c1. The third kappa shape index (κ3) is 5.53. The van der Waals surface area contributed by atoms with E-state index in [-0.39, 0.29) is 16.7 Å². The average molecular weight is 457 g/mol. The van der Waals surface area contributed by atoms with Gasteiger partial charge in [-0.25, -0.2) is 0 Å². The fourth-order valence-corrected chi connectivity index (χ4v) is 4.44. The molecule has 1 aliphatic heterocycles. The maximum absolute atomic E-state index is 11.7. The Morgan fingerprint density at radius 3 is 2.38 bits per heavy atom. The molecule has 7 heteroatoms. The van der Waals surface area contributed by atoms with Crippen LogP contribution in [-0.2, 0) is 6.54 Å². The Labute approximate surface area is 199 Å². The molecular weight excluding hydrogens is 428 g/mol. The summed E-state index contributed by atoms with van der Waals surface area (Å²) in [6.45, 7) is 6.55. The minimum atomic E-state index is -0.366. The molecule has 0 unspecified atom stereocenters. The van der Waals surface area contributed by atoms with Gasteiger partial charge in [0.1, 0.15) is 17.2 Å². The third-order valence-electron chi connectivity index (χ3n) is 6.17. The number of likely N-dealkylation sites (tertiary alicyclic amines) is 1. The number of nitrogens with zero attached hydrogens (tertiary/aromatic N) is 3. The highest BCUT2D eigenvalue weighted by Gasteiger charge is 2.23. The van der Waals surface area contributed by atoms with Crippen molar-refractivity contribution in [2.75, 3.05) is 18.4 Å². The fraction of sp³-hybridized carbons (Fsp3) is 0.296. The van der Waals surface area contributed by atoms with Crippen molar-refractivity contribution in [3.63, 3.8) is 0 Å². The number of ether oxygens (including phenoxy) is 1. The maximum Gasteiger partial charge on any atom is 0.292 e. The first-order chi connectivity index (χ1) is 16.4. The molecule has 34 heavy (non-hydrogen) atoms. The Kier molecular flexibility index (Phi) is 7.09. The second-order valence-corrected chi connectivity index (χ2v) is 8.77. The Morgan fingerprint density at radius 1 is 1.09 bits per heavy atom. The highest BCUT2D eigenvalue weighted by atomic mass is 16.6. The van der Waals surface area contributed by atoms with Crippen LogP contribution in [0.4, 0.5) is 11.4 Å². The molecular formula is C27H28N4O3. The normalized spacial score (nSPS) is 14.4. The summed E-state index contributed by atoms with van der Waals surface area (Å²) < 4.78 is 6.11. The molecule has 4 rings (SSSR count). The number of hydrogen-bond donors (Lipinski definition) is 1. The predicted octanol–water partition coefficient (Wildman–Crippen LogP) is 5.95. The van der Waals surface area contributed by atoms with E-state index in [1.807, 2.05) is 19.9 Å². The van der Waals surface area contributed by atoms with E-state index in [1.54, 1.807) is 24.3 Å². The average Bonchev–Trinajstić information content (AvgIpc) is 2.83. The molecule has 7 nitrogen and oxygen atoms in total. The summed E-state index contributed by atoms with van der Waals surface area (Å²) in [5, 5.41) is 24.2. The standard InChI is InChI=1S/C27H28N4O3/c1-19-14-22(17-28)15-20(2)27(19)34-24-8-9-26(31(32)33)25(16-24)29-23-10-12-30(13-11-23)18-21-6-4-3-5-7-21/h3-9,14-16,23,29H,10-13,18H2,1-2H3. The third-order valence-corrected chi connectivity index (χ3v) is 6.17. The van der Waals surface area contributed by atoms with Gasteiger partial charge in [-0.3, -0.25) is 15.0 Å². The summed E-state index contributed by atoms with van der Waals surface area (Å²) in [5.41, 5.74) is 4.06. The molecule has 1 saturated heterocycles. The van der Waals surface area contributed by atoms with Crippen molar-refractivity contribution in [3.8, 4) is 17.6 Å². The van der Waals surface area contributed by atoms with Gasteiger partial charge in [-0.15, -0.1) is 0 Å². The van der Waals surface area contributed by atoms with Crippen molar-refractivity contribution in [1.82, 2.24) is 4.90 Å². The van der Waals surface area contributed by atoms with Crippen LogP contribution in [0.1, 0.15) is 35.1 Å². The summed E-state index contributed by atoms with van der Waals surface area (Å²) in [7, 11) is 0. The van der Waals surface area contributed by atoms with Crippen molar-refractivity contribution in [1.29, 1.82) is 5.26 Å². The molecule has 3 aromatic carbocycles. The Balaban J connectivity index is 1.46. The molecule has 1 aliphatic rings. The summed E-state index contributed by atoms with van der Waals surface area (Å²) in [6, 6.07) is 21.0. The lowest BCUT2D eigenvalue weighted by Gasteiger charge is -2.32. The van der Waals surface area contributed by atoms with E-state index in [9.17, 15) is 10.1 Å². The van der Waals surface area contributed by atoms with E-state index in [0.29, 0.717) is 22.7 Å². The number of benzene rings is 3. The van der Waals surface area contributed by atoms with Crippen LogP contribution in [0, 0.1) is 35.3 Å². The van der Waals surface area contributed by atoms with E-state index < -0.39 is 0 Å². The number of piperidine rings is 1. The van der Waals surface area contributed by atoms with Gasteiger partial charge in [0, 0.05) is 37.8 Å². The number of nitro benzene ring substituents is 1. The van der Waals surface area contributed by atoms with Gasteiger partial charge in [0.25, 0.3) is 5.69 Å². The van der Waals surface area contributed by atoms with Crippen LogP contribution in [0.5, 0.6) is 11.5 Å². The van der Waals surface area contributed by atoms with E-state index in [2.05, 4.69) is 40.6 Å². The van der Waals surface area contributed by atoms with Gasteiger partial charge in [-0.1, -0.05) is 30.3 Å². The van der Waals surface area contributed by atoms with Crippen LogP contribution in [0.15, 0.2) is 60.7 Å². The number of nitro groups is 1. The van der Waals surface area contributed by atoms with Crippen molar-refractivity contribution >= 4 is 11.4 Å². The highest BCUT2D eigenvalue weighted by molar-refractivity contribution is 5.65. The Hall–Kier alpha value is -3.89. The van der Waals surface area contributed by atoms with Gasteiger partial charge in [-0.05, 0) is 61.6 Å². The quantitative estimate of drug-likeness (QED) is 0.349. The monoisotopic (exact) mass is 456 g/mol. The first-order valence-electron chi connectivity index (χ1n) is 11.4. The Bertz CT molecular complexity index is 1190. The van der Waals surface area contributed by atoms with Crippen LogP contribution in [0.3, 0.4) is 0 Å².